The fourth-order valence-corrected chi connectivity index (χ4v) is 2.86. The lowest BCUT2D eigenvalue weighted by Crippen LogP contribution is -2.49. The maximum absolute atomic E-state index is 12.5. The van der Waals surface area contributed by atoms with Gasteiger partial charge >= 0.3 is 7.12 Å². The number of para-hydroxylation sites is 1. The molecule has 1 heterocycles. The van der Waals surface area contributed by atoms with Crippen molar-refractivity contribution in [2.24, 2.45) is 0 Å². The van der Waals surface area contributed by atoms with Crippen molar-refractivity contribution in [1.29, 1.82) is 0 Å². The number of fused-ring (bicyclic) bond motifs is 1. The van der Waals surface area contributed by atoms with E-state index < -0.39 is 13.1 Å². The van der Waals surface area contributed by atoms with E-state index in [0.29, 0.717) is 0 Å². The van der Waals surface area contributed by atoms with E-state index in [0.717, 1.165) is 22.1 Å². The summed E-state index contributed by atoms with van der Waals surface area (Å²) in [5.74, 6) is -1.46. The summed E-state index contributed by atoms with van der Waals surface area (Å²) in [5.41, 5.74) is 2.42. The second kappa shape index (κ2) is 7.55. The molecule has 0 radical (unpaired) electrons. The molecule has 0 aliphatic carbocycles. The predicted octanol–water partition coefficient (Wildman–Crippen LogP) is 2.28. The van der Waals surface area contributed by atoms with Crippen LogP contribution in [-0.2, 0) is 11.2 Å². The molecule has 0 spiro atoms. The number of amides is 1. The first-order valence-corrected chi connectivity index (χ1v) is 8.23. The van der Waals surface area contributed by atoms with Gasteiger partial charge in [0.15, 0.2) is 0 Å². The van der Waals surface area contributed by atoms with Gasteiger partial charge in [0.2, 0.25) is 5.91 Å². The van der Waals surface area contributed by atoms with Gasteiger partial charge in [-0.05, 0) is 30.5 Å². The number of carbonyl (C=O) groups excluding carboxylic acids is 1. The van der Waals surface area contributed by atoms with E-state index >= 15 is 0 Å². The number of carbonyl (C=O) groups is 1. The maximum Gasteiger partial charge on any atom is 0.475 e. The molecule has 128 valence electrons. The lowest BCUT2D eigenvalue weighted by Gasteiger charge is -2.20. The first kappa shape index (κ1) is 17.3. The number of furan rings is 1. The van der Waals surface area contributed by atoms with E-state index in [1.165, 1.54) is 0 Å². The molecule has 25 heavy (non-hydrogen) atoms. The van der Waals surface area contributed by atoms with Crippen LogP contribution in [0.1, 0.15) is 24.0 Å². The van der Waals surface area contributed by atoms with Crippen molar-refractivity contribution in [3.05, 3.63) is 72.0 Å². The summed E-state index contributed by atoms with van der Waals surface area (Å²) in [6, 6.07) is 16.9. The summed E-state index contributed by atoms with van der Waals surface area (Å²) in [6.45, 7) is 1.79. The Balaban J connectivity index is 1.74. The largest absolute Gasteiger partial charge is 0.475 e. The third kappa shape index (κ3) is 3.92. The van der Waals surface area contributed by atoms with Crippen molar-refractivity contribution in [2.75, 3.05) is 0 Å². The average molecular weight is 337 g/mol. The van der Waals surface area contributed by atoms with Gasteiger partial charge in [0.1, 0.15) is 5.58 Å². The van der Waals surface area contributed by atoms with Gasteiger partial charge in [-0.1, -0.05) is 48.5 Å². The summed E-state index contributed by atoms with van der Waals surface area (Å²) >= 11 is 0. The highest BCUT2D eigenvalue weighted by Crippen LogP contribution is 2.22. The van der Waals surface area contributed by atoms with Gasteiger partial charge in [-0.2, -0.15) is 0 Å². The standard InChI is InChI=1S/C19H20BNO4/c1-13(14-7-3-2-4-8-14)19(22)21-18(20(23)24)11-15-12-25-17-10-6-5-9-16(15)17/h2-10,12-13,18,23-24H,11H2,1H3,(H,21,22)/t13?,18-/m0/s1. The topological polar surface area (TPSA) is 82.7 Å². The fourth-order valence-electron chi connectivity index (χ4n) is 2.86. The fraction of sp³-hybridized carbons (Fsp3) is 0.211. The van der Waals surface area contributed by atoms with E-state index in [1.807, 2.05) is 54.6 Å². The van der Waals surface area contributed by atoms with Gasteiger partial charge in [0.05, 0.1) is 18.1 Å². The molecule has 0 saturated carbocycles. The molecule has 0 bridgehead atoms. The third-order valence-electron chi connectivity index (χ3n) is 4.38. The molecule has 0 fully saturated rings. The Hall–Kier alpha value is -2.57. The maximum atomic E-state index is 12.5. The Morgan fingerprint density at radius 1 is 1.12 bits per heavy atom. The van der Waals surface area contributed by atoms with Crippen LogP contribution in [0.25, 0.3) is 11.0 Å². The van der Waals surface area contributed by atoms with E-state index in [9.17, 15) is 14.8 Å². The number of nitrogens with one attached hydrogen (secondary N) is 1. The van der Waals surface area contributed by atoms with Crippen LogP contribution in [0.5, 0.6) is 0 Å². The van der Waals surface area contributed by atoms with Crippen LogP contribution >= 0.6 is 0 Å². The Kier molecular flexibility index (Phi) is 5.21. The zero-order chi connectivity index (χ0) is 17.8. The van der Waals surface area contributed by atoms with Crippen LogP contribution < -0.4 is 5.32 Å². The van der Waals surface area contributed by atoms with Crippen LogP contribution in [-0.4, -0.2) is 29.0 Å². The SMILES string of the molecule is CC(C(=O)N[C@@H](Cc1coc2ccccc12)B(O)O)c1ccccc1. The zero-order valence-electron chi connectivity index (χ0n) is 13.9. The minimum atomic E-state index is -1.67. The molecule has 0 aliphatic heterocycles. The predicted molar refractivity (Wildman–Crippen MR) is 96.9 cm³/mol. The minimum absolute atomic E-state index is 0.253. The lowest BCUT2D eigenvalue weighted by molar-refractivity contribution is -0.122. The zero-order valence-corrected chi connectivity index (χ0v) is 13.9. The Morgan fingerprint density at radius 3 is 2.52 bits per heavy atom. The van der Waals surface area contributed by atoms with E-state index in [-0.39, 0.29) is 18.2 Å². The van der Waals surface area contributed by atoms with Crippen LogP contribution in [0.15, 0.2) is 65.3 Å². The number of benzene rings is 2. The Bertz CT molecular complexity index is 847. The molecule has 3 rings (SSSR count). The van der Waals surface area contributed by atoms with Crippen LogP contribution in [0.3, 0.4) is 0 Å². The van der Waals surface area contributed by atoms with Crippen LogP contribution in [0.2, 0.25) is 0 Å². The number of hydrogen-bond acceptors (Lipinski definition) is 4. The van der Waals surface area contributed by atoms with Crippen LogP contribution in [0, 0.1) is 0 Å². The van der Waals surface area contributed by atoms with Crippen molar-refractivity contribution in [2.45, 2.75) is 25.2 Å². The molecule has 1 unspecified atom stereocenters. The molecule has 6 heteroatoms. The molecule has 2 aromatic carbocycles. The summed E-state index contributed by atoms with van der Waals surface area (Å²) in [7, 11) is -1.67. The monoisotopic (exact) mass is 337 g/mol. The van der Waals surface area contributed by atoms with Crippen molar-refractivity contribution < 1.29 is 19.3 Å². The molecule has 0 aliphatic rings. The molecule has 3 aromatic rings. The summed E-state index contributed by atoms with van der Waals surface area (Å²) < 4.78 is 5.48. The van der Waals surface area contributed by atoms with Gasteiger partial charge in [-0.15, -0.1) is 0 Å². The minimum Gasteiger partial charge on any atom is -0.464 e. The molecule has 1 amide bonds. The van der Waals surface area contributed by atoms with Crippen molar-refractivity contribution >= 4 is 24.0 Å². The second-order valence-electron chi connectivity index (χ2n) is 6.12. The Labute approximate surface area is 146 Å². The number of hydrogen-bond donors (Lipinski definition) is 3. The highest BCUT2D eigenvalue weighted by atomic mass is 16.4. The first-order valence-electron chi connectivity index (χ1n) is 8.23. The summed E-state index contributed by atoms with van der Waals surface area (Å²) in [4.78, 5) is 12.5. The van der Waals surface area contributed by atoms with Gasteiger partial charge in [-0.3, -0.25) is 4.79 Å². The van der Waals surface area contributed by atoms with Crippen molar-refractivity contribution in [1.82, 2.24) is 5.32 Å². The van der Waals surface area contributed by atoms with Gasteiger partial charge in [0, 0.05) is 5.39 Å². The summed E-state index contributed by atoms with van der Waals surface area (Å²) in [6.07, 6.45) is 1.86. The quantitative estimate of drug-likeness (QED) is 0.603. The average Bonchev–Trinajstić information content (AvgIpc) is 3.04. The van der Waals surface area contributed by atoms with E-state index in [4.69, 9.17) is 4.42 Å². The molecular formula is C19H20BNO4. The van der Waals surface area contributed by atoms with Gasteiger partial charge in [0.25, 0.3) is 0 Å². The first-order chi connectivity index (χ1) is 12.1. The Morgan fingerprint density at radius 2 is 1.80 bits per heavy atom. The highest BCUT2D eigenvalue weighted by molar-refractivity contribution is 6.43. The van der Waals surface area contributed by atoms with Crippen LogP contribution in [0.4, 0.5) is 0 Å². The molecule has 0 saturated heterocycles. The smallest absolute Gasteiger partial charge is 0.464 e. The third-order valence-corrected chi connectivity index (χ3v) is 4.38. The van der Waals surface area contributed by atoms with Crippen molar-refractivity contribution in [3.8, 4) is 0 Å². The number of rotatable bonds is 6. The van der Waals surface area contributed by atoms with E-state index in [1.54, 1.807) is 13.2 Å². The van der Waals surface area contributed by atoms with E-state index in [2.05, 4.69) is 5.32 Å². The van der Waals surface area contributed by atoms with Gasteiger partial charge < -0.3 is 19.8 Å². The summed E-state index contributed by atoms with van der Waals surface area (Å²) in [5, 5.41) is 23.0. The molecular weight excluding hydrogens is 317 g/mol. The molecule has 1 aromatic heterocycles. The van der Waals surface area contributed by atoms with Gasteiger partial charge in [-0.25, -0.2) is 0 Å². The van der Waals surface area contributed by atoms with Crippen molar-refractivity contribution in [3.63, 3.8) is 0 Å². The molecule has 2 atom stereocenters. The second-order valence-corrected chi connectivity index (χ2v) is 6.12. The highest BCUT2D eigenvalue weighted by Gasteiger charge is 2.28. The molecule has 5 nitrogen and oxygen atoms in total. The lowest BCUT2D eigenvalue weighted by atomic mass is 9.75. The normalized spacial score (nSPS) is 13.4. The molecule has 3 N–H and O–H groups in total.